The Labute approximate surface area is 106 Å². The maximum absolute atomic E-state index is 12.4. The summed E-state index contributed by atoms with van der Waals surface area (Å²) in [6.07, 6.45) is 3.15. The number of carbonyl (C=O) groups excluding carboxylic acids is 1. The first-order valence-corrected chi connectivity index (χ1v) is 5.73. The standard InChI is InChI=1S/C15H15NO2/c1-10-5-4-6-14(11(10)2)15(17)12-7-13(18-3)9-16-8-12/h4-9H,1-3H3. The summed E-state index contributed by atoms with van der Waals surface area (Å²) < 4.78 is 5.08. The summed E-state index contributed by atoms with van der Waals surface area (Å²) in [5.74, 6) is 0.564. The molecule has 0 N–H and O–H groups in total. The van der Waals surface area contributed by atoms with Crippen LogP contribution in [0.3, 0.4) is 0 Å². The van der Waals surface area contributed by atoms with E-state index in [2.05, 4.69) is 4.98 Å². The predicted octanol–water partition coefficient (Wildman–Crippen LogP) is 2.94. The lowest BCUT2D eigenvalue weighted by Crippen LogP contribution is -2.05. The summed E-state index contributed by atoms with van der Waals surface area (Å²) in [6.45, 7) is 3.95. The molecule has 92 valence electrons. The van der Waals surface area contributed by atoms with Crippen molar-refractivity contribution in [1.29, 1.82) is 0 Å². The number of aryl methyl sites for hydroxylation is 1. The Kier molecular flexibility index (Phi) is 3.42. The van der Waals surface area contributed by atoms with E-state index in [1.807, 2.05) is 32.0 Å². The summed E-state index contributed by atoms with van der Waals surface area (Å²) in [7, 11) is 1.56. The van der Waals surface area contributed by atoms with Gasteiger partial charge in [-0.15, -0.1) is 0 Å². The zero-order valence-corrected chi connectivity index (χ0v) is 10.7. The zero-order chi connectivity index (χ0) is 13.1. The summed E-state index contributed by atoms with van der Waals surface area (Å²) >= 11 is 0. The van der Waals surface area contributed by atoms with E-state index >= 15 is 0 Å². The molecule has 0 bridgehead atoms. The minimum atomic E-state index is -0.0254. The highest BCUT2D eigenvalue weighted by atomic mass is 16.5. The van der Waals surface area contributed by atoms with Crippen molar-refractivity contribution in [3.8, 4) is 5.75 Å². The number of nitrogens with zero attached hydrogens (tertiary/aromatic N) is 1. The average Bonchev–Trinajstić information content (AvgIpc) is 2.41. The number of rotatable bonds is 3. The van der Waals surface area contributed by atoms with Gasteiger partial charge in [0.15, 0.2) is 5.78 Å². The molecule has 3 nitrogen and oxygen atoms in total. The van der Waals surface area contributed by atoms with E-state index in [4.69, 9.17) is 4.74 Å². The number of ether oxygens (including phenoxy) is 1. The van der Waals surface area contributed by atoms with Crippen LogP contribution in [-0.2, 0) is 0 Å². The summed E-state index contributed by atoms with van der Waals surface area (Å²) in [4.78, 5) is 16.4. The molecule has 1 aromatic carbocycles. The molecule has 0 saturated carbocycles. The van der Waals surface area contributed by atoms with Gasteiger partial charge in [0.1, 0.15) is 5.75 Å². The van der Waals surface area contributed by atoms with Crippen molar-refractivity contribution >= 4 is 5.78 Å². The third-order valence-corrected chi connectivity index (χ3v) is 3.06. The first-order chi connectivity index (χ1) is 8.63. The number of ketones is 1. The van der Waals surface area contributed by atoms with Gasteiger partial charge in [-0.05, 0) is 31.0 Å². The van der Waals surface area contributed by atoms with Gasteiger partial charge in [0.05, 0.1) is 13.3 Å². The van der Waals surface area contributed by atoms with E-state index in [0.717, 1.165) is 11.1 Å². The summed E-state index contributed by atoms with van der Waals surface area (Å²) in [5, 5.41) is 0. The predicted molar refractivity (Wildman–Crippen MR) is 70.1 cm³/mol. The maximum Gasteiger partial charge on any atom is 0.194 e. The van der Waals surface area contributed by atoms with Crippen LogP contribution in [-0.4, -0.2) is 17.9 Å². The molecular formula is C15H15NO2. The Morgan fingerprint density at radius 1 is 1.22 bits per heavy atom. The molecule has 0 radical (unpaired) electrons. The van der Waals surface area contributed by atoms with Crippen molar-refractivity contribution in [2.75, 3.05) is 7.11 Å². The maximum atomic E-state index is 12.4. The van der Waals surface area contributed by atoms with E-state index in [1.54, 1.807) is 25.6 Å². The SMILES string of the molecule is COc1cncc(C(=O)c2cccc(C)c2C)c1. The average molecular weight is 241 g/mol. The van der Waals surface area contributed by atoms with Gasteiger partial charge in [0, 0.05) is 17.3 Å². The largest absolute Gasteiger partial charge is 0.495 e. The van der Waals surface area contributed by atoms with Crippen LogP contribution < -0.4 is 4.74 Å². The van der Waals surface area contributed by atoms with Crippen LogP contribution in [0.5, 0.6) is 5.75 Å². The first-order valence-electron chi connectivity index (χ1n) is 5.73. The fourth-order valence-corrected chi connectivity index (χ4v) is 1.81. The Balaban J connectivity index is 2.44. The van der Waals surface area contributed by atoms with Crippen molar-refractivity contribution in [2.45, 2.75) is 13.8 Å². The van der Waals surface area contributed by atoms with Crippen LogP contribution in [0.1, 0.15) is 27.0 Å². The Bertz CT molecular complexity index is 591. The fraction of sp³-hybridized carbons (Fsp3) is 0.200. The van der Waals surface area contributed by atoms with Crippen molar-refractivity contribution in [1.82, 2.24) is 4.98 Å². The smallest absolute Gasteiger partial charge is 0.194 e. The molecule has 0 aliphatic rings. The van der Waals surface area contributed by atoms with E-state index < -0.39 is 0 Å². The molecule has 0 spiro atoms. The number of methoxy groups -OCH3 is 1. The van der Waals surface area contributed by atoms with Gasteiger partial charge in [-0.25, -0.2) is 0 Å². The number of benzene rings is 1. The second kappa shape index (κ2) is 5.00. The second-order valence-electron chi connectivity index (χ2n) is 4.19. The number of aromatic nitrogens is 1. The monoisotopic (exact) mass is 241 g/mol. The lowest BCUT2D eigenvalue weighted by atomic mass is 9.97. The van der Waals surface area contributed by atoms with Crippen LogP contribution in [0.15, 0.2) is 36.7 Å². The molecule has 0 aliphatic heterocycles. The van der Waals surface area contributed by atoms with Gasteiger partial charge in [0.25, 0.3) is 0 Å². The fourth-order valence-electron chi connectivity index (χ4n) is 1.81. The third-order valence-electron chi connectivity index (χ3n) is 3.06. The Hall–Kier alpha value is -2.16. The number of hydrogen-bond acceptors (Lipinski definition) is 3. The molecule has 2 aromatic rings. The van der Waals surface area contributed by atoms with Gasteiger partial charge in [0.2, 0.25) is 0 Å². The quantitative estimate of drug-likeness (QED) is 0.775. The molecule has 1 heterocycles. The molecular weight excluding hydrogens is 226 g/mol. The number of hydrogen-bond donors (Lipinski definition) is 0. The highest BCUT2D eigenvalue weighted by Gasteiger charge is 2.13. The number of carbonyl (C=O) groups is 1. The minimum Gasteiger partial charge on any atom is -0.495 e. The third kappa shape index (κ3) is 2.25. The molecule has 1 aromatic heterocycles. The molecule has 0 aliphatic carbocycles. The van der Waals surface area contributed by atoms with Crippen molar-refractivity contribution in [3.63, 3.8) is 0 Å². The number of pyridine rings is 1. The van der Waals surface area contributed by atoms with Gasteiger partial charge >= 0.3 is 0 Å². The zero-order valence-electron chi connectivity index (χ0n) is 10.7. The van der Waals surface area contributed by atoms with Crippen LogP contribution >= 0.6 is 0 Å². The molecule has 0 fully saturated rings. The Morgan fingerprint density at radius 2 is 2.00 bits per heavy atom. The van der Waals surface area contributed by atoms with Crippen molar-refractivity contribution in [2.24, 2.45) is 0 Å². The van der Waals surface area contributed by atoms with Crippen LogP contribution in [0, 0.1) is 13.8 Å². The van der Waals surface area contributed by atoms with Crippen LogP contribution in [0.2, 0.25) is 0 Å². The van der Waals surface area contributed by atoms with E-state index in [0.29, 0.717) is 16.9 Å². The lowest BCUT2D eigenvalue weighted by Gasteiger charge is -2.08. The topological polar surface area (TPSA) is 39.2 Å². The van der Waals surface area contributed by atoms with Gasteiger partial charge in [-0.3, -0.25) is 9.78 Å². The van der Waals surface area contributed by atoms with E-state index in [-0.39, 0.29) is 5.78 Å². The Morgan fingerprint density at radius 3 is 2.72 bits per heavy atom. The molecule has 2 rings (SSSR count). The molecule has 0 atom stereocenters. The minimum absolute atomic E-state index is 0.0254. The van der Waals surface area contributed by atoms with Gasteiger partial charge in [-0.1, -0.05) is 18.2 Å². The lowest BCUT2D eigenvalue weighted by molar-refractivity contribution is 0.103. The van der Waals surface area contributed by atoms with Crippen LogP contribution in [0.4, 0.5) is 0 Å². The first kappa shape index (κ1) is 12.3. The molecule has 3 heteroatoms. The van der Waals surface area contributed by atoms with Gasteiger partial charge in [-0.2, -0.15) is 0 Å². The molecule has 0 unspecified atom stereocenters. The van der Waals surface area contributed by atoms with Crippen LogP contribution in [0.25, 0.3) is 0 Å². The van der Waals surface area contributed by atoms with Crippen molar-refractivity contribution in [3.05, 3.63) is 58.9 Å². The highest BCUT2D eigenvalue weighted by Crippen LogP contribution is 2.19. The molecule has 0 saturated heterocycles. The van der Waals surface area contributed by atoms with Crippen molar-refractivity contribution < 1.29 is 9.53 Å². The molecule has 18 heavy (non-hydrogen) atoms. The summed E-state index contributed by atoms with van der Waals surface area (Å²) in [6, 6.07) is 7.43. The summed E-state index contributed by atoms with van der Waals surface area (Å²) in [5.41, 5.74) is 3.37. The van der Waals surface area contributed by atoms with Gasteiger partial charge < -0.3 is 4.74 Å². The highest BCUT2D eigenvalue weighted by molar-refractivity contribution is 6.10. The molecule has 0 amide bonds. The van der Waals surface area contributed by atoms with E-state index in [9.17, 15) is 4.79 Å². The normalized spacial score (nSPS) is 10.2. The second-order valence-corrected chi connectivity index (χ2v) is 4.19. The van der Waals surface area contributed by atoms with E-state index in [1.165, 1.54) is 0 Å².